The molecule has 0 spiro atoms. The van der Waals surface area contributed by atoms with Crippen LogP contribution in [-0.2, 0) is 11.2 Å². The molecule has 0 aromatic heterocycles. The highest BCUT2D eigenvalue weighted by Gasteiger charge is 2.23. The highest BCUT2D eigenvalue weighted by atomic mass is 16.7. The van der Waals surface area contributed by atoms with Crippen molar-refractivity contribution in [1.29, 1.82) is 0 Å². The van der Waals surface area contributed by atoms with Crippen LogP contribution in [0.5, 0.6) is 11.5 Å². The minimum atomic E-state index is -0.00558. The van der Waals surface area contributed by atoms with Crippen LogP contribution < -0.4 is 14.8 Å². The number of amides is 1. The van der Waals surface area contributed by atoms with Crippen LogP contribution in [0.15, 0.2) is 18.2 Å². The van der Waals surface area contributed by atoms with Gasteiger partial charge in [0.25, 0.3) is 0 Å². The molecule has 1 saturated heterocycles. The molecule has 1 aromatic rings. The summed E-state index contributed by atoms with van der Waals surface area (Å²) in [7, 11) is 2.13. The molecule has 28 heavy (non-hydrogen) atoms. The highest BCUT2D eigenvalue weighted by molar-refractivity contribution is 5.78. The summed E-state index contributed by atoms with van der Waals surface area (Å²) in [5.74, 6) is 1.74. The Morgan fingerprint density at radius 2 is 1.89 bits per heavy atom. The van der Waals surface area contributed by atoms with Crippen LogP contribution >= 0.6 is 0 Å². The van der Waals surface area contributed by atoms with Crippen molar-refractivity contribution in [2.45, 2.75) is 39.4 Å². The molecular formula is C21H34N4O3. The number of carbonyl (C=O) groups excluding carboxylic acids is 1. The van der Waals surface area contributed by atoms with Crippen LogP contribution in [0.25, 0.3) is 0 Å². The third kappa shape index (κ3) is 5.37. The number of hydrogen-bond acceptors (Lipinski definition) is 6. The van der Waals surface area contributed by atoms with Gasteiger partial charge >= 0.3 is 0 Å². The topological polar surface area (TPSA) is 57.3 Å². The maximum Gasteiger partial charge on any atom is 0.235 e. The van der Waals surface area contributed by atoms with Gasteiger partial charge in [-0.15, -0.1) is 0 Å². The van der Waals surface area contributed by atoms with Gasteiger partial charge in [-0.05, 0) is 51.6 Å². The van der Waals surface area contributed by atoms with Crippen molar-refractivity contribution in [2.75, 3.05) is 53.1 Å². The summed E-state index contributed by atoms with van der Waals surface area (Å²) >= 11 is 0. The van der Waals surface area contributed by atoms with E-state index in [9.17, 15) is 4.79 Å². The van der Waals surface area contributed by atoms with Crippen LogP contribution in [0.1, 0.15) is 26.3 Å². The number of hydrogen-bond donors (Lipinski definition) is 1. The van der Waals surface area contributed by atoms with E-state index in [-0.39, 0.29) is 12.1 Å². The summed E-state index contributed by atoms with van der Waals surface area (Å²) in [5, 5.41) is 3.18. The van der Waals surface area contributed by atoms with E-state index in [0.717, 1.165) is 50.6 Å². The number of benzene rings is 1. The summed E-state index contributed by atoms with van der Waals surface area (Å²) in [6.07, 6.45) is 0.886. The molecule has 0 radical (unpaired) electrons. The van der Waals surface area contributed by atoms with Gasteiger partial charge in [-0.25, -0.2) is 0 Å². The number of piperazine rings is 1. The molecule has 2 aliphatic rings. The number of likely N-dealkylation sites (N-methyl/N-ethyl adjacent to an activating group) is 2. The second-order valence-corrected chi connectivity index (χ2v) is 7.89. The molecule has 7 nitrogen and oxygen atoms in total. The Kier molecular flexibility index (Phi) is 7.15. The number of fused-ring (bicyclic) bond motifs is 1. The van der Waals surface area contributed by atoms with E-state index in [1.165, 1.54) is 5.56 Å². The first-order valence-electron chi connectivity index (χ1n) is 10.3. The number of rotatable bonds is 8. The largest absolute Gasteiger partial charge is 0.454 e. The van der Waals surface area contributed by atoms with Crippen molar-refractivity contribution in [3.8, 4) is 11.5 Å². The van der Waals surface area contributed by atoms with Crippen LogP contribution in [0.3, 0.4) is 0 Å². The summed E-state index contributed by atoms with van der Waals surface area (Å²) in [4.78, 5) is 19.4. The second-order valence-electron chi connectivity index (χ2n) is 7.89. The Bertz CT molecular complexity index is 661. The summed E-state index contributed by atoms with van der Waals surface area (Å²) < 4.78 is 10.9. The van der Waals surface area contributed by atoms with Gasteiger partial charge in [-0.1, -0.05) is 13.0 Å². The number of nitrogens with zero attached hydrogens (tertiary/aromatic N) is 3. The zero-order chi connectivity index (χ0) is 20.1. The Labute approximate surface area is 168 Å². The molecule has 2 unspecified atom stereocenters. The van der Waals surface area contributed by atoms with E-state index in [2.05, 4.69) is 60.0 Å². The zero-order valence-electron chi connectivity index (χ0n) is 17.6. The van der Waals surface area contributed by atoms with Gasteiger partial charge in [0, 0.05) is 32.2 Å². The van der Waals surface area contributed by atoms with E-state index < -0.39 is 0 Å². The van der Waals surface area contributed by atoms with Gasteiger partial charge in [0.2, 0.25) is 12.7 Å². The molecule has 1 fully saturated rings. The Morgan fingerprint density at radius 1 is 1.18 bits per heavy atom. The van der Waals surface area contributed by atoms with Crippen molar-refractivity contribution in [1.82, 2.24) is 20.0 Å². The van der Waals surface area contributed by atoms with E-state index in [0.29, 0.717) is 19.4 Å². The predicted octanol–water partition coefficient (Wildman–Crippen LogP) is 1.38. The summed E-state index contributed by atoms with van der Waals surface area (Å²) in [5.41, 5.74) is 1.21. The first-order valence-corrected chi connectivity index (χ1v) is 10.3. The van der Waals surface area contributed by atoms with Crippen molar-refractivity contribution in [3.63, 3.8) is 0 Å². The standard InChI is InChI=1S/C21H34N4O3/c1-5-25(16(2)12-18-6-7-19-20(13-18)28-15-27-19)17(3)22-21(26)14-24-10-8-23(4)9-11-24/h6-7,13,16-17H,5,8-12,14-15H2,1-4H3,(H,22,26). The first kappa shape index (κ1) is 20.9. The van der Waals surface area contributed by atoms with Gasteiger partial charge in [0.1, 0.15) is 0 Å². The molecular weight excluding hydrogens is 356 g/mol. The quantitative estimate of drug-likeness (QED) is 0.677. The van der Waals surface area contributed by atoms with E-state index >= 15 is 0 Å². The normalized spacial score (nSPS) is 19.6. The monoisotopic (exact) mass is 390 g/mol. The second kappa shape index (κ2) is 9.58. The van der Waals surface area contributed by atoms with Crippen molar-refractivity contribution < 1.29 is 14.3 Å². The van der Waals surface area contributed by atoms with Crippen molar-refractivity contribution >= 4 is 5.91 Å². The lowest BCUT2D eigenvalue weighted by Crippen LogP contribution is -2.54. The van der Waals surface area contributed by atoms with Gasteiger partial charge in [0.15, 0.2) is 11.5 Å². The minimum absolute atomic E-state index is 0.00558. The SMILES string of the molecule is CCN(C(C)Cc1ccc2c(c1)OCO2)C(C)NC(=O)CN1CCN(C)CC1. The molecule has 156 valence electrons. The zero-order valence-corrected chi connectivity index (χ0v) is 17.6. The molecule has 2 atom stereocenters. The lowest BCUT2D eigenvalue weighted by molar-refractivity contribution is -0.124. The van der Waals surface area contributed by atoms with Gasteiger partial charge < -0.3 is 19.7 Å². The number of nitrogens with one attached hydrogen (secondary N) is 1. The average Bonchev–Trinajstić information content (AvgIpc) is 3.12. The lowest BCUT2D eigenvalue weighted by atomic mass is 10.0. The number of ether oxygens (including phenoxy) is 2. The molecule has 0 aliphatic carbocycles. The van der Waals surface area contributed by atoms with Crippen molar-refractivity contribution in [2.24, 2.45) is 0 Å². The molecule has 3 rings (SSSR count). The van der Waals surface area contributed by atoms with Crippen molar-refractivity contribution in [3.05, 3.63) is 23.8 Å². The molecule has 2 heterocycles. The number of carbonyl (C=O) groups is 1. The Hall–Kier alpha value is -1.83. The van der Waals surface area contributed by atoms with Crippen LogP contribution in [0.4, 0.5) is 0 Å². The first-order chi connectivity index (χ1) is 13.5. The highest BCUT2D eigenvalue weighted by Crippen LogP contribution is 2.33. The maximum atomic E-state index is 12.5. The molecule has 1 N–H and O–H groups in total. The summed E-state index contributed by atoms with van der Waals surface area (Å²) in [6, 6.07) is 6.42. The fraction of sp³-hybridized carbons (Fsp3) is 0.667. The fourth-order valence-electron chi connectivity index (χ4n) is 4.06. The van der Waals surface area contributed by atoms with Crippen LogP contribution in [0, 0.1) is 0 Å². The lowest BCUT2D eigenvalue weighted by Gasteiger charge is -2.35. The average molecular weight is 391 g/mol. The van der Waals surface area contributed by atoms with E-state index in [1.54, 1.807) is 0 Å². The molecule has 1 aromatic carbocycles. The van der Waals surface area contributed by atoms with Gasteiger partial charge in [-0.2, -0.15) is 0 Å². The van der Waals surface area contributed by atoms with Gasteiger partial charge in [0.05, 0.1) is 12.7 Å². The molecule has 1 amide bonds. The van der Waals surface area contributed by atoms with Gasteiger partial charge in [-0.3, -0.25) is 14.6 Å². The predicted molar refractivity (Wildman–Crippen MR) is 110 cm³/mol. The molecule has 2 aliphatic heterocycles. The minimum Gasteiger partial charge on any atom is -0.454 e. The van der Waals surface area contributed by atoms with E-state index in [1.807, 2.05) is 6.07 Å². The fourth-order valence-corrected chi connectivity index (χ4v) is 4.06. The van der Waals surface area contributed by atoms with Crippen LogP contribution in [-0.4, -0.2) is 85.9 Å². The Morgan fingerprint density at radius 3 is 2.61 bits per heavy atom. The van der Waals surface area contributed by atoms with E-state index in [4.69, 9.17) is 9.47 Å². The molecule has 7 heteroatoms. The smallest absolute Gasteiger partial charge is 0.235 e. The summed E-state index contributed by atoms with van der Waals surface area (Å²) in [6.45, 7) is 12.0. The third-order valence-corrected chi connectivity index (χ3v) is 5.73. The molecule has 0 saturated carbocycles. The molecule has 0 bridgehead atoms. The maximum absolute atomic E-state index is 12.5. The third-order valence-electron chi connectivity index (χ3n) is 5.73. The van der Waals surface area contributed by atoms with Crippen LogP contribution in [0.2, 0.25) is 0 Å². The Balaban J connectivity index is 1.50.